The first-order valence-electron chi connectivity index (χ1n) is 5.60. The van der Waals surface area contributed by atoms with Crippen LogP contribution in [0.3, 0.4) is 0 Å². The fraction of sp³-hybridized carbons (Fsp3) is 0.385. The molecule has 1 aliphatic heterocycles. The predicted molar refractivity (Wildman–Crippen MR) is 63.4 cm³/mol. The van der Waals surface area contributed by atoms with E-state index in [4.69, 9.17) is 9.84 Å². The van der Waals surface area contributed by atoms with Crippen LogP contribution in [0, 0.1) is 0 Å². The minimum absolute atomic E-state index is 0.0805. The van der Waals surface area contributed by atoms with Crippen molar-refractivity contribution in [2.24, 2.45) is 0 Å². The summed E-state index contributed by atoms with van der Waals surface area (Å²) in [5.41, 5.74) is 2.26. The molecule has 0 bridgehead atoms. The molecule has 3 nitrogen and oxygen atoms in total. The fourth-order valence-electron chi connectivity index (χ4n) is 1.67. The van der Waals surface area contributed by atoms with Gasteiger partial charge in [0.1, 0.15) is 12.4 Å². The monoisotopic (exact) mass is 219 g/mol. The number of rotatable bonds is 4. The minimum atomic E-state index is 0.0805. The van der Waals surface area contributed by atoms with Gasteiger partial charge in [0.15, 0.2) is 0 Å². The van der Waals surface area contributed by atoms with Crippen LogP contribution >= 0.6 is 0 Å². The first-order chi connectivity index (χ1) is 7.88. The van der Waals surface area contributed by atoms with Crippen LogP contribution in [0.1, 0.15) is 12.0 Å². The highest BCUT2D eigenvalue weighted by Crippen LogP contribution is 2.14. The molecule has 16 heavy (non-hydrogen) atoms. The molecule has 2 rings (SSSR count). The van der Waals surface area contributed by atoms with Crippen LogP contribution in [0.4, 0.5) is 0 Å². The van der Waals surface area contributed by atoms with Crippen LogP contribution in [0.15, 0.2) is 35.9 Å². The highest BCUT2D eigenvalue weighted by Gasteiger charge is 2.03. The lowest BCUT2D eigenvalue weighted by atomic mass is 10.1. The van der Waals surface area contributed by atoms with Crippen LogP contribution < -0.4 is 10.1 Å². The van der Waals surface area contributed by atoms with E-state index in [1.807, 2.05) is 24.3 Å². The molecule has 86 valence electrons. The molecule has 0 amide bonds. The molecule has 1 aromatic carbocycles. The quantitative estimate of drug-likeness (QED) is 0.754. The van der Waals surface area contributed by atoms with Crippen molar-refractivity contribution in [1.29, 1.82) is 0 Å². The number of ether oxygens (including phenoxy) is 1. The van der Waals surface area contributed by atoms with Crippen LogP contribution in [0.5, 0.6) is 5.75 Å². The molecule has 0 spiro atoms. The van der Waals surface area contributed by atoms with Crippen molar-refractivity contribution in [1.82, 2.24) is 5.32 Å². The Morgan fingerprint density at radius 2 is 2.06 bits per heavy atom. The Kier molecular flexibility index (Phi) is 3.97. The van der Waals surface area contributed by atoms with Gasteiger partial charge in [0.25, 0.3) is 0 Å². The summed E-state index contributed by atoms with van der Waals surface area (Å²) >= 11 is 0. The van der Waals surface area contributed by atoms with Gasteiger partial charge in [-0.3, -0.25) is 0 Å². The molecular formula is C13H17NO2. The summed E-state index contributed by atoms with van der Waals surface area (Å²) in [6.07, 6.45) is 3.25. The van der Waals surface area contributed by atoms with Gasteiger partial charge < -0.3 is 15.2 Å². The second-order valence-corrected chi connectivity index (χ2v) is 3.91. The van der Waals surface area contributed by atoms with Crippen LogP contribution in [0.2, 0.25) is 0 Å². The second-order valence-electron chi connectivity index (χ2n) is 3.91. The van der Waals surface area contributed by atoms with Gasteiger partial charge in [0.05, 0.1) is 6.61 Å². The lowest BCUT2D eigenvalue weighted by Gasteiger charge is -2.14. The highest BCUT2D eigenvalue weighted by atomic mass is 16.5. The molecule has 0 atom stereocenters. The van der Waals surface area contributed by atoms with Gasteiger partial charge >= 0.3 is 0 Å². The Morgan fingerprint density at radius 1 is 1.25 bits per heavy atom. The molecule has 0 unspecified atom stereocenters. The van der Waals surface area contributed by atoms with Crippen molar-refractivity contribution in [3.63, 3.8) is 0 Å². The Balaban J connectivity index is 1.86. The number of hydrogen-bond acceptors (Lipinski definition) is 3. The Hall–Kier alpha value is -1.32. The van der Waals surface area contributed by atoms with Gasteiger partial charge in [-0.15, -0.1) is 0 Å². The predicted octanol–water partition coefficient (Wildman–Crippen LogP) is 1.48. The summed E-state index contributed by atoms with van der Waals surface area (Å²) < 4.78 is 5.67. The van der Waals surface area contributed by atoms with Crippen molar-refractivity contribution in [2.45, 2.75) is 13.0 Å². The highest BCUT2D eigenvalue weighted by molar-refractivity contribution is 5.27. The SMILES string of the molecule is OCc1ccc(OCC2=CCNCC2)cc1. The number of benzene rings is 1. The second kappa shape index (κ2) is 5.68. The van der Waals surface area contributed by atoms with Gasteiger partial charge in [-0.25, -0.2) is 0 Å². The van der Waals surface area contributed by atoms with Crippen molar-refractivity contribution in [2.75, 3.05) is 19.7 Å². The van der Waals surface area contributed by atoms with E-state index in [9.17, 15) is 0 Å². The molecular weight excluding hydrogens is 202 g/mol. The maximum absolute atomic E-state index is 8.91. The average molecular weight is 219 g/mol. The van der Waals surface area contributed by atoms with Crippen LogP contribution in [0.25, 0.3) is 0 Å². The summed E-state index contributed by atoms with van der Waals surface area (Å²) in [5.74, 6) is 0.858. The molecule has 0 aromatic heterocycles. The number of aliphatic hydroxyl groups excluding tert-OH is 1. The summed E-state index contributed by atoms with van der Waals surface area (Å²) in [5, 5.41) is 12.2. The molecule has 1 aliphatic rings. The Morgan fingerprint density at radius 3 is 2.69 bits per heavy atom. The lowest BCUT2D eigenvalue weighted by molar-refractivity contribution is 0.281. The number of hydrogen-bond donors (Lipinski definition) is 2. The molecule has 0 fully saturated rings. The van der Waals surface area contributed by atoms with Gasteiger partial charge in [-0.05, 0) is 36.2 Å². The number of nitrogens with one attached hydrogen (secondary N) is 1. The molecule has 1 heterocycles. The Bertz CT molecular complexity index is 357. The van der Waals surface area contributed by atoms with Crippen LogP contribution in [-0.2, 0) is 6.61 Å². The van der Waals surface area contributed by atoms with E-state index < -0.39 is 0 Å². The first kappa shape index (κ1) is 11.2. The van der Waals surface area contributed by atoms with Crippen molar-refractivity contribution >= 4 is 0 Å². The van der Waals surface area contributed by atoms with Crippen molar-refractivity contribution in [3.8, 4) is 5.75 Å². The topological polar surface area (TPSA) is 41.5 Å². The zero-order chi connectivity index (χ0) is 11.2. The lowest BCUT2D eigenvalue weighted by Crippen LogP contribution is -2.22. The van der Waals surface area contributed by atoms with E-state index in [1.165, 1.54) is 5.57 Å². The largest absolute Gasteiger partial charge is 0.489 e. The van der Waals surface area contributed by atoms with Gasteiger partial charge in [-0.2, -0.15) is 0 Å². The van der Waals surface area contributed by atoms with Crippen molar-refractivity contribution < 1.29 is 9.84 Å². The van der Waals surface area contributed by atoms with E-state index in [1.54, 1.807) is 0 Å². The zero-order valence-electron chi connectivity index (χ0n) is 9.28. The Labute approximate surface area is 95.7 Å². The standard InChI is InChI=1S/C13H17NO2/c15-9-11-1-3-13(4-2-11)16-10-12-5-7-14-8-6-12/h1-5,14-15H,6-10H2. The molecule has 0 saturated heterocycles. The molecule has 0 aliphatic carbocycles. The molecule has 2 N–H and O–H groups in total. The maximum atomic E-state index is 8.91. The molecule has 0 radical (unpaired) electrons. The third kappa shape index (κ3) is 3.08. The summed E-state index contributed by atoms with van der Waals surface area (Å²) in [4.78, 5) is 0. The average Bonchev–Trinajstić information content (AvgIpc) is 2.38. The van der Waals surface area contributed by atoms with E-state index in [-0.39, 0.29) is 6.61 Å². The zero-order valence-corrected chi connectivity index (χ0v) is 9.28. The van der Waals surface area contributed by atoms with E-state index in [2.05, 4.69) is 11.4 Å². The van der Waals surface area contributed by atoms with Crippen LogP contribution in [-0.4, -0.2) is 24.8 Å². The first-order valence-corrected chi connectivity index (χ1v) is 5.60. The van der Waals surface area contributed by atoms with E-state index in [0.717, 1.165) is 30.8 Å². The summed E-state index contributed by atoms with van der Waals surface area (Å²) in [7, 11) is 0. The molecule has 0 saturated carbocycles. The summed E-state index contributed by atoms with van der Waals surface area (Å²) in [6.45, 7) is 2.73. The van der Waals surface area contributed by atoms with E-state index in [0.29, 0.717) is 6.61 Å². The number of aliphatic hydroxyl groups is 1. The third-order valence-corrected chi connectivity index (χ3v) is 2.69. The van der Waals surface area contributed by atoms with Crippen molar-refractivity contribution in [3.05, 3.63) is 41.5 Å². The van der Waals surface area contributed by atoms with Gasteiger partial charge in [-0.1, -0.05) is 18.2 Å². The molecule has 3 heteroatoms. The van der Waals surface area contributed by atoms with Gasteiger partial charge in [0, 0.05) is 6.54 Å². The maximum Gasteiger partial charge on any atom is 0.119 e. The smallest absolute Gasteiger partial charge is 0.119 e. The third-order valence-electron chi connectivity index (χ3n) is 2.69. The van der Waals surface area contributed by atoms with Gasteiger partial charge in [0.2, 0.25) is 0 Å². The minimum Gasteiger partial charge on any atom is -0.489 e. The fourth-order valence-corrected chi connectivity index (χ4v) is 1.67. The normalized spacial score (nSPS) is 15.7. The summed E-state index contributed by atoms with van der Waals surface area (Å²) in [6, 6.07) is 7.55. The molecule has 1 aromatic rings. The van der Waals surface area contributed by atoms with E-state index >= 15 is 0 Å².